The zero-order valence-electron chi connectivity index (χ0n) is 13.8. The zero-order chi connectivity index (χ0) is 16.6. The summed E-state index contributed by atoms with van der Waals surface area (Å²) in [4.78, 5) is 15.9. The van der Waals surface area contributed by atoms with Gasteiger partial charge in [-0.2, -0.15) is 4.98 Å². The molecule has 2 aromatic rings. The van der Waals surface area contributed by atoms with Crippen molar-refractivity contribution >= 4 is 29.6 Å². The first-order valence-electron chi connectivity index (χ1n) is 7.70. The van der Waals surface area contributed by atoms with Crippen LogP contribution in [0.5, 0.6) is 0 Å². The molecule has 9 heteroatoms. The van der Waals surface area contributed by atoms with Crippen LogP contribution in [0.2, 0.25) is 0 Å². The van der Waals surface area contributed by atoms with E-state index in [2.05, 4.69) is 26.3 Å². The van der Waals surface area contributed by atoms with Crippen LogP contribution < -0.4 is 5.32 Å². The summed E-state index contributed by atoms with van der Waals surface area (Å²) in [6.45, 7) is 0. The van der Waals surface area contributed by atoms with Crippen molar-refractivity contribution in [2.75, 3.05) is 7.11 Å². The largest absolute Gasteiger partial charge is 0.453 e. The molecule has 1 aromatic carbocycles. The molecule has 1 heterocycles. The van der Waals surface area contributed by atoms with Crippen LogP contribution in [0.15, 0.2) is 22.7 Å². The minimum absolute atomic E-state index is 0.00176. The van der Waals surface area contributed by atoms with Crippen LogP contribution in [0.4, 0.5) is 4.79 Å². The average molecular weight is 309 g/mol. The highest BCUT2D eigenvalue weighted by molar-refractivity contribution is 6.58. The number of hydrogen-bond acceptors (Lipinski definition) is 5. The number of carbonyl (C=O) groups excluding carboxylic acids is 1. The van der Waals surface area contributed by atoms with E-state index in [0.29, 0.717) is 11.7 Å². The Hall–Kier alpha value is -2.18. The van der Waals surface area contributed by atoms with Gasteiger partial charge in [-0.1, -0.05) is 17.3 Å². The fourth-order valence-corrected chi connectivity index (χ4v) is 2.75. The molecule has 0 saturated carbocycles. The van der Waals surface area contributed by atoms with Crippen LogP contribution in [0.1, 0.15) is 29.5 Å². The third kappa shape index (κ3) is 3.13. The van der Waals surface area contributed by atoms with Crippen molar-refractivity contribution in [2.45, 2.75) is 24.0 Å². The Kier molecular flexibility index (Phi) is 3.96. The van der Waals surface area contributed by atoms with E-state index in [1.54, 1.807) is 0 Å². The van der Waals surface area contributed by atoms with E-state index in [-0.39, 0.29) is 11.2 Å². The maximum absolute atomic E-state index is 11.4. The minimum Gasteiger partial charge on any atom is -0.453 e. The first-order chi connectivity index (χ1) is 10.9. The molecular weight excluding hydrogens is 291 g/mol. The van der Waals surface area contributed by atoms with Gasteiger partial charge in [-0.25, -0.2) is 4.79 Å². The van der Waals surface area contributed by atoms with Crippen LogP contribution in [0, 0.1) is 0 Å². The average Bonchev–Trinajstić information content (AvgIpc) is 3.13. The highest BCUT2D eigenvalue weighted by atomic mass is 16.5. The smallest absolute Gasteiger partial charge is 0.407 e. The maximum atomic E-state index is 11.4. The number of amides is 1. The Bertz CT molecular complexity index is 742. The molecule has 116 valence electrons. The molecule has 0 saturated heterocycles. The van der Waals surface area contributed by atoms with Crippen LogP contribution in [-0.2, 0) is 16.3 Å². The Balaban J connectivity index is 1.85. The second kappa shape index (κ2) is 5.79. The molecule has 3 rings (SSSR count). The van der Waals surface area contributed by atoms with Crippen molar-refractivity contribution in [3.05, 3.63) is 35.2 Å². The summed E-state index contributed by atoms with van der Waals surface area (Å²) >= 11 is 0. The van der Waals surface area contributed by atoms with Crippen molar-refractivity contribution in [2.24, 2.45) is 0 Å². The first-order valence-corrected chi connectivity index (χ1v) is 7.70. The number of nitrogens with one attached hydrogen (secondary N) is 1. The van der Waals surface area contributed by atoms with Gasteiger partial charge in [0.1, 0.15) is 23.5 Å². The SMILES string of the molecule is BC(B)(B)c1nc(-c2ccc3c(c2)CC[C@H]3NC(=O)OC)no1. The lowest BCUT2D eigenvalue weighted by atomic mass is 9.42. The number of alkyl carbamates (subject to hydrolysis) is 1. The van der Waals surface area contributed by atoms with E-state index in [1.165, 1.54) is 12.7 Å². The lowest BCUT2D eigenvalue weighted by Gasteiger charge is -2.13. The van der Waals surface area contributed by atoms with Crippen LogP contribution in [0.25, 0.3) is 11.4 Å². The molecule has 1 amide bonds. The summed E-state index contributed by atoms with van der Waals surface area (Å²) in [5, 5.41) is 6.77. The number of rotatable bonds is 3. The number of nitrogens with zero attached hydrogens (tertiary/aromatic N) is 2. The van der Waals surface area contributed by atoms with Gasteiger partial charge in [-0.15, -0.1) is 0 Å². The third-order valence-electron chi connectivity index (χ3n) is 4.02. The minimum atomic E-state index is -0.403. The molecule has 6 nitrogen and oxygen atoms in total. The molecule has 0 aliphatic heterocycles. The van der Waals surface area contributed by atoms with Gasteiger partial charge >= 0.3 is 6.09 Å². The standard InChI is InChI=1S/C14H18B3N3O3/c1-22-13(21)18-10-5-3-7-6-8(2-4-9(7)10)11-19-12(23-20-11)14(15,16)17/h2,4,6,10H,3,5,15-17H2,1H3,(H,18,21)/t10-/m1/s1. The van der Waals surface area contributed by atoms with Crippen LogP contribution in [0.3, 0.4) is 0 Å². The molecule has 0 unspecified atom stereocenters. The fraction of sp³-hybridized carbons (Fsp3) is 0.357. The van der Waals surface area contributed by atoms with Gasteiger partial charge in [0.2, 0.25) is 11.7 Å². The van der Waals surface area contributed by atoms with Gasteiger partial charge in [-0.05, 0) is 35.1 Å². The molecule has 1 aliphatic rings. The number of benzene rings is 1. The van der Waals surface area contributed by atoms with Crippen molar-refractivity contribution in [3.63, 3.8) is 0 Å². The van der Waals surface area contributed by atoms with Gasteiger partial charge in [0.15, 0.2) is 0 Å². The zero-order valence-corrected chi connectivity index (χ0v) is 13.8. The summed E-state index contributed by atoms with van der Waals surface area (Å²) < 4.78 is 10.0. The number of carbonyl (C=O) groups is 1. The highest BCUT2D eigenvalue weighted by Gasteiger charge is 2.26. The van der Waals surface area contributed by atoms with E-state index < -0.39 is 6.09 Å². The Morgan fingerprint density at radius 2 is 2.22 bits per heavy atom. The monoisotopic (exact) mass is 309 g/mol. The molecule has 1 N–H and O–H groups in total. The topological polar surface area (TPSA) is 77.2 Å². The number of ether oxygens (including phenoxy) is 1. The van der Waals surface area contributed by atoms with Gasteiger partial charge in [-0.3, -0.25) is 0 Å². The van der Waals surface area contributed by atoms with E-state index in [0.717, 1.165) is 24.0 Å². The molecule has 23 heavy (non-hydrogen) atoms. The van der Waals surface area contributed by atoms with E-state index in [1.807, 2.05) is 35.7 Å². The predicted molar refractivity (Wildman–Crippen MR) is 93.6 cm³/mol. The summed E-state index contributed by atoms with van der Waals surface area (Å²) in [7, 11) is 7.49. The van der Waals surface area contributed by atoms with Gasteiger partial charge in [0.05, 0.1) is 13.2 Å². The molecule has 1 aliphatic carbocycles. The lowest BCUT2D eigenvalue weighted by Crippen LogP contribution is -2.27. The summed E-state index contributed by atoms with van der Waals surface area (Å²) in [6.07, 6.45) is 1.37. The fourth-order valence-electron chi connectivity index (χ4n) is 2.75. The molecule has 0 radical (unpaired) electrons. The summed E-state index contributed by atoms with van der Waals surface area (Å²) in [5.41, 5.74) is 3.26. The Morgan fingerprint density at radius 1 is 1.43 bits per heavy atom. The molecule has 0 bridgehead atoms. The maximum Gasteiger partial charge on any atom is 0.407 e. The second-order valence-electron chi connectivity index (χ2n) is 6.81. The summed E-state index contributed by atoms with van der Waals surface area (Å²) in [5.74, 6) is 1.22. The van der Waals surface area contributed by atoms with Crippen molar-refractivity contribution in [1.82, 2.24) is 15.5 Å². The van der Waals surface area contributed by atoms with Crippen molar-refractivity contribution in [3.8, 4) is 11.4 Å². The molecular formula is C14H18B3N3O3. The molecule has 0 spiro atoms. The number of hydrogen-bond donors (Lipinski definition) is 1. The molecule has 0 fully saturated rings. The van der Waals surface area contributed by atoms with Gasteiger partial charge < -0.3 is 14.6 Å². The molecule has 1 aromatic heterocycles. The number of fused-ring (bicyclic) bond motifs is 1. The Labute approximate surface area is 137 Å². The summed E-state index contributed by atoms with van der Waals surface area (Å²) in [6, 6.07) is 6.06. The highest BCUT2D eigenvalue weighted by Crippen LogP contribution is 2.33. The number of aromatic nitrogens is 2. The lowest BCUT2D eigenvalue weighted by molar-refractivity contribution is 0.166. The van der Waals surface area contributed by atoms with E-state index >= 15 is 0 Å². The Morgan fingerprint density at radius 3 is 2.87 bits per heavy atom. The molecule has 1 atom stereocenters. The van der Waals surface area contributed by atoms with Gasteiger partial charge in [0, 0.05) is 5.56 Å². The number of aryl methyl sites for hydroxylation is 1. The predicted octanol–water partition coefficient (Wildman–Crippen LogP) is -0.910. The van der Waals surface area contributed by atoms with Crippen molar-refractivity contribution < 1.29 is 14.1 Å². The normalized spacial score (nSPS) is 16.8. The number of methoxy groups -OCH3 is 1. The second-order valence-corrected chi connectivity index (χ2v) is 6.81. The first kappa shape index (κ1) is 15.7. The third-order valence-corrected chi connectivity index (χ3v) is 4.02. The van der Waals surface area contributed by atoms with Gasteiger partial charge in [0.25, 0.3) is 0 Å². The van der Waals surface area contributed by atoms with E-state index in [9.17, 15) is 4.79 Å². The van der Waals surface area contributed by atoms with E-state index in [4.69, 9.17) is 4.52 Å². The van der Waals surface area contributed by atoms with Crippen molar-refractivity contribution in [1.29, 1.82) is 0 Å². The van der Waals surface area contributed by atoms with Crippen LogP contribution >= 0.6 is 0 Å². The quantitative estimate of drug-likeness (QED) is 0.743. The van der Waals surface area contributed by atoms with Crippen LogP contribution in [-0.4, -0.2) is 46.9 Å².